The van der Waals surface area contributed by atoms with Gasteiger partial charge in [0.05, 0.1) is 5.75 Å². The summed E-state index contributed by atoms with van der Waals surface area (Å²) in [5.41, 5.74) is 0. The van der Waals surface area contributed by atoms with Crippen molar-refractivity contribution in [3.63, 3.8) is 0 Å². The van der Waals surface area contributed by atoms with E-state index in [1.165, 1.54) is 57.8 Å². The number of ketones is 1. The minimum Gasteiger partial charge on any atom is -1.00 e. The maximum atomic E-state index is 11.6. The molecule has 0 aliphatic heterocycles. The summed E-state index contributed by atoms with van der Waals surface area (Å²) >= 11 is 0. The predicted molar refractivity (Wildman–Crippen MR) is 109 cm³/mol. The third kappa shape index (κ3) is 22.4. The van der Waals surface area contributed by atoms with Gasteiger partial charge in [-0.05, 0) is 32.1 Å². The zero-order valence-electron chi connectivity index (χ0n) is 18.6. The van der Waals surface area contributed by atoms with Gasteiger partial charge in [0.2, 0.25) is 0 Å². The fraction of sp³-hybridized carbons (Fsp3) is 0.850. The minimum atomic E-state index is -3.72. The van der Waals surface area contributed by atoms with E-state index < -0.39 is 10.1 Å². The van der Waals surface area contributed by atoms with Crippen LogP contribution in [-0.4, -0.2) is 20.0 Å². The zero-order chi connectivity index (χ0) is 19.5. The van der Waals surface area contributed by atoms with Crippen molar-refractivity contribution >= 4 is 15.9 Å². The van der Waals surface area contributed by atoms with Gasteiger partial charge < -0.3 is 1.43 Å². The van der Waals surface area contributed by atoms with Crippen molar-refractivity contribution in [2.75, 3.05) is 5.75 Å². The van der Waals surface area contributed by atoms with Crippen LogP contribution in [0.4, 0.5) is 0 Å². The molecule has 0 unspecified atom stereocenters. The number of allylic oxidation sites excluding steroid dienone is 2. The Morgan fingerprint density at radius 3 is 1.85 bits per heavy atom. The summed E-state index contributed by atoms with van der Waals surface area (Å²) in [4.78, 5) is 11.6. The molecule has 0 bridgehead atoms. The van der Waals surface area contributed by atoms with Crippen molar-refractivity contribution in [2.24, 2.45) is 5.90 Å². The second-order valence-electron chi connectivity index (χ2n) is 6.98. The topological polar surface area (TPSA) is 86.5 Å². The fourth-order valence-corrected chi connectivity index (χ4v) is 3.38. The quantitative estimate of drug-likeness (QED) is 0.152. The Morgan fingerprint density at radius 1 is 0.852 bits per heavy atom. The third-order valence-electron chi connectivity index (χ3n) is 4.49. The molecule has 0 aromatic carbocycles. The second-order valence-corrected chi connectivity index (χ2v) is 8.70. The van der Waals surface area contributed by atoms with Crippen LogP contribution in [0.5, 0.6) is 0 Å². The van der Waals surface area contributed by atoms with E-state index in [9.17, 15) is 13.2 Å². The van der Waals surface area contributed by atoms with Crippen molar-refractivity contribution in [1.29, 1.82) is 0 Å². The molecule has 0 aliphatic rings. The Labute approximate surface area is 190 Å². The fourth-order valence-electron chi connectivity index (χ4n) is 2.80. The molecule has 0 saturated carbocycles. The van der Waals surface area contributed by atoms with Gasteiger partial charge in [0.1, 0.15) is 5.78 Å². The molecule has 0 spiro atoms. The first-order valence-corrected chi connectivity index (χ1v) is 11.9. The van der Waals surface area contributed by atoms with Gasteiger partial charge in [0.15, 0.2) is 0 Å². The van der Waals surface area contributed by atoms with E-state index in [4.69, 9.17) is 0 Å². The van der Waals surface area contributed by atoms with Crippen LogP contribution in [-0.2, 0) is 19.2 Å². The molecule has 0 amide bonds. The van der Waals surface area contributed by atoms with Crippen molar-refractivity contribution in [1.82, 2.24) is 0 Å². The minimum absolute atomic E-state index is 0. The zero-order valence-corrected chi connectivity index (χ0v) is 20.4. The van der Waals surface area contributed by atoms with Crippen LogP contribution in [0.2, 0.25) is 0 Å². The Morgan fingerprint density at radius 2 is 1.33 bits per heavy atom. The molecule has 27 heavy (non-hydrogen) atoms. The molecular formula is C20H40NNaO4S. The Balaban J connectivity index is -0.00000312. The first-order chi connectivity index (χ1) is 12.5. The molecule has 0 radical (unpaired) electrons. The van der Waals surface area contributed by atoms with E-state index in [1.54, 1.807) is 0 Å². The van der Waals surface area contributed by atoms with Crippen molar-refractivity contribution < 1.29 is 48.5 Å². The molecule has 0 aromatic heterocycles. The van der Waals surface area contributed by atoms with Crippen LogP contribution in [0.3, 0.4) is 0 Å². The Hall–Kier alpha value is 0.280. The number of hydrogen-bond donors (Lipinski definition) is 1. The van der Waals surface area contributed by atoms with Crippen LogP contribution >= 0.6 is 0 Å². The van der Waals surface area contributed by atoms with Gasteiger partial charge >= 0.3 is 29.6 Å². The molecule has 5 nitrogen and oxygen atoms in total. The first kappa shape index (κ1) is 29.5. The van der Waals surface area contributed by atoms with Gasteiger partial charge in [-0.2, -0.15) is 18.6 Å². The summed E-state index contributed by atoms with van der Waals surface area (Å²) in [6, 6.07) is 0. The maximum Gasteiger partial charge on any atom is 1.00 e. The standard InChI is InChI=1S/C20H39NO4S.Na.H/c1-2-3-4-5-6-7-8-9-10-11-12-13-14-15-16-17-20(22)18-19-26(23,24)25-21;;/h9-10H,2-8,11-19,21H2,1H3;;/q;+1;-1/b10-9-;;. The average Bonchev–Trinajstić information content (AvgIpc) is 2.63. The number of carbonyl (C=O) groups excluding carboxylic acids is 1. The number of Topliss-reactive ketones (excluding diaryl/α,β-unsaturated/α-hetero) is 1. The number of rotatable bonds is 19. The summed E-state index contributed by atoms with van der Waals surface area (Å²) in [6.45, 7) is 2.25. The van der Waals surface area contributed by atoms with Crippen LogP contribution in [0.25, 0.3) is 0 Å². The number of carbonyl (C=O) groups is 1. The van der Waals surface area contributed by atoms with Crippen molar-refractivity contribution in [3.8, 4) is 0 Å². The van der Waals surface area contributed by atoms with Gasteiger partial charge in [0, 0.05) is 12.8 Å². The maximum absolute atomic E-state index is 11.6. The molecule has 7 heteroatoms. The van der Waals surface area contributed by atoms with E-state index in [0.29, 0.717) is 6.42 Å². The van der Waals surface area contributed by atoms with E-state index in [-0.39, 0.29) is 48.9 Å². The van der Waals surface area contributed by atoms with Crippen LogP contribution < -0.4 is 35.5 Å². The molecule has 156 valence electrons. The molecular weight excluding hydrogens is 373 g/mol. The molecule has 0 fully saturated rings. The molecule has 0 aliphatic carbocycles. The number of nitrogens with two attached hydrogens (primary N) is 1. The second kappa shape index (κ2) is 21.0. The van der Waals surface area contributed by atoms with Gasteiger partial charge in [-0.15, -0.1) is 0 Å². The van der Waals surface area contributed by atoms with Crippen LogP contribution in [0.15, 0.2) is 12.2 Å². The van der Waals surface area contributed by atoms with Gasteiger partial charge in [0.25, 0.3) is 10.1 Å². The smallest absolute Gasteiger partial charge is 1.00 e. The summed E-state index contributed by atoms with van der Waals surface area (Å²) in [5, 5.41) is 0. The first-order valence-electron chi connectivity index (χ1n) is 10.3. The molecule has 0 saturated heterocycles. The summed E-state index contributed by atoms with van der Waals surface area (Å²) < 4.78 is 25.9. The van der Waals surface area contributed by atoms with Crippen LogP contribution in [0.1, 0.15) is 105 Å². The van der Waals surface area contributed by atoms with E-state index in [2.05, 4.69) is 29.3 Å². The SMILES string of the molecule is CCCCCCCC/C=C\CCCCCCCC(=O)CCS(=O)(=O)ON.[H-].[Na+]. The number of unbranched alkanes of at least 4 members (excludes halogenated alkanes) is 11. The van der Waals surface area contributed by atoms with Gasteiger partial charge in [-0.3, -0.25) is 4.79 Å². The summed E-state index contributed by atoms with van der Waals surface area (Å²) in [6.07, 6.45) is 20.9. The Kier molecular flexibility index (Phi) is 22.9. The normalized spacial score (nSPS) is 11.6. The number of hydrogen-bond acceptors (Lipinski definition) is 5. The summed E-state index contributed by atoms with van der Waals surface area (Å²) in [7, 11) is -3.72. The predicted octanol–water partition coefficient (Wildman–Crippen LogP) is 2.32. The van der Waals surface area contributed by atoms with E-state index >= 15 is 0 Å². The monoisotopic (exact) mass is 413 g/mol. The van der Waals surface area contributed by atoms with Crippen LogP contribution in [0, 0.1) is 0 Å². The summed E-state index contributed by atoms with van der Waals surface area (Å²) in [5.74, 6) is 4.26. The molecule has 0 rings (SSSR count). The van der Waals surface area contributed by atoms with E-state index in [1.807, 2.05) is 0 Å². The van der Waals surface area contributed by atoms with Crippen molar-refractivity contribution in [2.45, 2.75) is 103 Å². The van der Waals surface area contributed by atoms with Gasteiger partial charge in [-0.25, -0.2) is 0 Å². The Bertz CT molecular complexity index is 473. The largest absolute Gasteiger partial charge is 1.00 e. The van der Waals surface area contributed by atoms with Crippen molar-refractivity contribution in [3.05, 3.63) is 12.2 Å². The molecule has 0 atom stereocenters. The van der Waals surface area contributed by atoms with Gasteiger partial charge in [-0.1, -0.05) is 70.4 Å². The molecule has 2 N–H and O–H groups in total. The third-order valence-corrected chi connectivity index (χ3v) is 5.49. The molecule has 0 aromatic rings. The molecule has 0 heterocycles. The van der Waals surface area contributed by atoms with E-state index in [0.717, 1.165) is 25.7 Å². The average molecular weight is 414 g/mol.